The van der Waals surface area contributed by atoms with Crippen molar-refractivity contribution in [1.29, 1.82) is 0 Å². The summed E-state index contributed by atoms with van der Waals surface area (Å²) in [7, 11) is 1.36. The molecule has 1 aliphatic rings. The quantitative estimate of drug-likeness (QED) is 0.731. The molecule has 0 saturated heterocycles. The molecule has 0 amide bonds. The van der Waals surface area contributed by atoms with Crippen LogP contribution in [-0.4, -0.2) is 33.7 Å². The SMILES string of the molecule is COC(=O)C1CCc2c(C(=O)O)ncn2C1. The van der Waals surface area contributed by atoms with Gasteiger partial charge in [0.05, 0.1) is 25.0 Å². The molecule has 1 N–H and O–H groups in total. The Balaban J connectivity index is 2.23. The Morgan fingerprint density at radius 1 is 1.62 bits per heavy atom. The van der Waals surface area contributed by atoms with Crippen LogP contribution < -0.4 is 0 Å². The van der Waals surface area contributed by atoms with Crippen LogP contribution in [0.2, 0.25) is 0 Å². The average molecular weight is 224 g/mol. The van der Waals surface area contributed by atoms with E-state index in [1.807, 2.05) is 0 Å². The standard InChI is InChI=1S/C10H12N2O4/c1-16-10(15)6-2-3-7-8(9(13)14)11-5-12(7)4-6/h5-6H,2-4H2,1H3,(H,13,14). The average Bonchev–Trinajstić information content (AvgIpc) is 2.70. The summed E-state index contributed by atoms with van der Waals surface area (Å²) >= 11 is 0. The molecule has 16 heavy (non-hydrogen) atoms. The smallest absolute Gasteiger partial charge is 0.356 e. The molecule has 6 heteroatoms. The maximum absolute atomic E-state index is 11.3. The number of imidazole rings is 1. The van der Waals surface area contributed by atoms with Gasteiger partial charge in [-0.05, 0) is 12.8 Å². The lowest BCUT2D eigenvalue weighted by Crippen LogP contribution is -2.27. The lowest BCUT2D eigenvalue weighted by Gasteiger charge is -2.22. The first-order valence-corrected chi connectivity index (χ1v) is 4.98. The number of ether oxygens (including phenoxy) is 1. The number of nitrogens with zero attached hydrogens (tertiary/aromatic N) is 2. The monoisotopic (exact) mass is 224 g/mol. The molecule has 2 rings (SSSR count). The fraction of sp³-hybridized carbons (Fsp3) is 0.500. The lowest BCUT2D eigenvalue weighted by molar-refractivity contribution is -0.146. The summed E-state index contributed by atoms with van der Waals surface area (Å²) in [5.41, 5.74) is 0.774. The molecule has 1 aliphatic heterocycles. The maximum atomic E-state index is 11.3. The van der Waals surface area contributed by atoms with E-state index >= 15 is 0 Å². The molecule has 0 aliphatic carbocycles. The van der Waals surface area contributed by atoms with Gasteiger partial charge in [0.25, 0.3) is 0 Å². The Kier molecular flexibility index (Phi) is 2.64. The first-order valence-electron chi connectivity index (χ1n) is 4.98. The number of methoxy groups -OCH3 is 1. The molecular formula is C10H12N2O4. The summed E-state index contributed by atoms with van der Waals surface area (Å²) in [5, 5.41) is 8.88. The second kappa shape index (κ2) is 3.96. The van der Waals surface area contributed by atoms with Gasteiger partial charge in [-0.2, -0.15) is 0 Å². The number of carboxylic acid groups (broad SMARTS) is 1. The largest absolute Gasteiger partial charge is 0.476 e. The number of rotatable bonds is 2. The van der Waals surface area contributed by atoms with Gasteiger partial charge in [0, 0.05) is 6.54 Å². The highest BCUT2D eigenvalue weighted by atomic mass is 16.5. The van der Waals surface area contributed by atoms with E-state index in [2.05, 4.69) is 9.72 Å². The van der Waals surface area contributed by atoms with Crippen LogP contribution in [0.15, 0.2) is 6.33 Å². The van der Waals surface area contributed by atoms with Crippen LogP contribution in [0.4, 0.5) is 0 Å². The Morgan fingerprint density at radius 3 is 3.00 bits per heavy atom. The molecule has 1 atom stereocenters. The molecule has 86 valence electrons. The predicted molar refractivity (Wildman–Crippen MR) is 53.0 cm³/mol. The van der Waals surface area contributed by atoms with E-state index in [4.69, 9.17) is 5.11 Å². The normalized spacial score (nSPS) is 18.9. The number of aromatic nitrogens is 2. The summed E-state index contributed by atoms with van der Waals surface area (Å²) in [5.74, 6) is -1.48. The zero-order chi connectivity index (χ0) is 11.7. The van der Waals surface area contributed by atoms with Gasteiger partial charge < -0.3 is 14.4 Å². The second-order valence-electron chi connectivity index (χ2n) is 3.76. The fourth-order valence-corrected chi connectivity index (χ4v) is 2.00. The van der Waals surface area contributed by atoms with Crippen LogP contribution in [0, 0.1) is 5.92 Å². The molecule has 1 unspecified atom stereocenters. The third-order valence-corrected chi connectivity index (χ3v) is 2.83. The van der Waals surface area contributed by atoms with Crippen molar-refractivity contribution >= 4 is 11.9 Å². The Bertz CT molecular complexity index is 438. The summed E-state index contributed by atoms with van der Waals surface area (Å²) in [6.45, 7) is 0.447. The molecule has 0 aromatic carbocycles. The van der Waals surface area contributed by atoms with Gasteiger partial charge in [-0.1, -0.05) is 0 Å². The van der Waals surface area contributed by atoms with Crippen molar-refractivity contribution in [1.82, 2.24) is 9.55 Å². The van der Waals surface area contributed by atoms with Crippen molar-refractivity contribution in [2.75, 3.05) is 7.11 Å². The topological polar surface area (TPSA) is 81.4 Å². The number of esters is 1. The van der Waals surface area contributed by atoms with Gasteiger partial charge in [0.1, 0.15) is 0 Å². The number of hydrogen-bond acceptors (Lipinski definition) is 4. The van der Waals surface area contributed by atoms with E-state index in [9.17, 15) is 9.59 Å². The van der Waals surface area contributed by atoms with Crippen molar-refractivity contribution in [3.05, 3.63) is 17.7 Å². The van der Waals surface area contributed by atoms with Crippen LogP contribution in [0.25, 0.3) is 0 Å². The maximum Gasteiger partial charge on any atom is 0.356 e. The summed E-state index contributed by atoms with van der Waals surface area (Å²) in [6.07, 6.45) is 2.62. The highest BCUT2D eigenvalue weighted by Gasteiger charge is 2.28. The van der Waals surface area contributed by atoms with Crippen molar-refractivity contribution in [3.63, 3.8) is 0 Å². The predicted octanol–water partition coefficient (Wildman–Crippen LogP) is 0.317. The number of hydrogen-bond donors (Lipinski definition) is 1. The van der Waals surface area contributed by atoms with Gasteiger partial charge >= 0.3 is 11.9 Å². The van der Waals surface area contributed by atoms with E-state index < -0.39 is 5.97 Å². The number of fused-ring (bicyclic) bond motifs is 1. The van der Waals surface area contributed by atoms with Gasteiger partial charge in [-0.3, -0.25) is 4.79 Å². The van der Waals surface area contributed by atoms with Gasteiger partial charge in [0.2, 0.25) is 0 Å². The van der Waals surface area contributed by atoms with Crippen LogP contribution in [0.1, 0.15) is 22.6 Å². The molecule has 0 saturated carbocycles. The van der Waals surface area contributed by atoms with Crippen LogP contribution >= 0.6 is 0 Å². The molecule has 1 aromatic heterocycles. The minimum atomic E-state index is -1.02. The molecule has 6 nitrogen and oxygen atoms in total. The van der Waals surface area contributed by atoms with Crippen LogP contribution in [0.5, 0.6) is 0 Å². The third kappa shape index (κ3) is 1.66. The second-order valence-corrected chi connectivity index (χ2v) is 3.76. The summed E-state index contributed by atoms with van der Waals surface area (Å²) in [4.78, 5) is 26.0. The highest BCUT2D eigenvalue weighted by Crippen LogP contribution is 2.23. The minimum Gasteiger partial charge on any atom is -0.476 e. The highest BCUT2D eigenvalue weighted by molar-refractivity contribution is 5.86. The third-order valence-electron chi connectivity index (χ3n) is 2.83. The van der Waals surface area contributed by atoms with Crippen molar-refractivity contribution < 1.29 is 19.4 Å². The molecule has 2 heterocycles. The minimum absolute atomic E-state index is 0.0864. The molecule has 0 bridgehead atoms. The van der Waals surface area contributed by atoms with E-state index in [0.717, 1.165) is 0 Å². The van der Waals surface area contributed by atoms with Crippen molar-refractivity contribution in [2.24, 2.45) is 5.92 Å². The Hall–Kier alpha value is -1.85. The van der Waals surface area contributed by atoms with Crippen LogP contribution in [-0.2, 0) is 22.5 Å². The number of carbonyl (C=O) groups excluding carboxylic acids is 1. The van der Waals surface area contributed by atoms with Gasteiger partial charge in [0.15, 0.2) is 5.69 Å². The molecule has 0 spiro atoms. The van der Waals surface area contributed by atoms with Crippen molar-refractivity contribution in [2.45, 2.75) is 19.4 Å². The number of aromatic carboxylic acids is 1. The molecule has 0 radical (unpaired) electrons. The first kappa shape index (κ1) is 10.7. The van der Waals surface area contributed by atoms with Crippen LogP contribution in [0.3, 0.4) is 0 Å². The molecular weight excluding hydrogens is 212 g/mol. The fourth-order valence-electron chi connectivity index (χ4n) is 2.00. The molecule has 1 aromatic rings. The molecule has 0 fully saturated rings. The lowest BCUT2D eigenvalue weighted by atomic mass is 9.97. The van der Waals surface area contributed by atoms with E-state index in [1.54, 1.807) is 4.57 Å². The van der Waals surface area contributed by atoms with Crippen molar-refractivity contribution in [3.8, 4) is 0 Å². The van der Waals surface area contributed by atoms with E-state index in [-0.39, 0.29) is 17.6 Å². The zero-order valence-electron chi connectivity index (χ0n) is 8.84. The summed E-state index contributed by atoms with van der Waals surface area (Å²) in [6, 6.07) is 0. The van der Waals surface area contributed by atoms with Gasteiger partial charge in [-0.15, -0.1) is 0 Å². The van der Waals surface area contributed by atoms with E-state index in [1.165, 1.54) is 13.4 Å². The number of carboxylic acids is 1. The number of carbonyl (C=O) groups is 2. The zero-order valence-corrected chi connectivity index (χ0v) is 8.84. The first-order chi connectivity index (χ1) is 7.63. The van der Waals surface area contributed by atoms with Gasteiger partial charge in [-0.25, -0.2) is 9.78 Å². The summed E-state index contributed by atoms with van der Waals surface area (Å²) < 4.78 is 6.39. The van der Waals surface area contributed by atoms with E-state index in [0.29, 0.717) is 25.1 Å². The Morgan fingerprint density at radius 2 is 2.38 bits per heavy atom. The Labute approximate surface area is 91.8 Å².